The van der Waals surface area contributed by atoms with E-state index in [-0.39, 0.29) is 22.1 Å². The molecular formula is C18H14F3N3O2S. The van der Waals surface area contributed by atoms with Crippen LogP contribution in [0.2, 0.25) is 0 Å². The molecule has 0 spiro atoms. The van der Waals surface area contributed by atoms with E-state index in [1.165, 1.54) is 48.7 Å². The molecular weight excluding hydrogens is 379 g/mol. The second kappa shape index (κ2) is 7.28. The molecule has 0 aliphatic heterocycles. The predicted molar refractivity (Wildman–Crippen MR) is 96.2 cm³/mol. The Bertz CT molecular complexity index is 1020. The molecule has 140 valence electrons. The highest BCUT2D eigenvalue weighted by Gasteiger charge is 2.33. The average molecular weight is 393 g/mol. The van der Waals surface area contributed by atoms with Crippen LogP contribution >= 0.6 is 0 Å². The molecule has 0 aliphatic carbocycles. The summed E-state index contributed by atoms with van der Waals surface area (Å²) in [4.78, 5) is 4.06. The van der Waals surface area contributed by atoms with Gasteiger partial charge in [0.2, 0.25) is 0 Å². The smallest absolute Gasteiger partial charge is 0.340 e. The maximum atomic E-state index is 13.0. The molecule has 2 aromatic carbocycles. The number of halogens is 3. The van der Waals surface area contributed by atoms with E-state index < -0.39 is 21.8 Å². The Kier molecular flexibility index (Phi) is 5.04. The molecule has 1 heterocycles. The zero-order chi connectivity index (χ0) is 19.5. The van der Waals surface area contributed by atoms with Gasteiger partial charge in [-0.05, 0) is 36.4 Å². The third-order valence-electron chi connectivity index (χ3n) is 3.56. The van der Waals surface area contributed by atoms with Gasteiger partial charge in [0, 0.05) is 0 Å². The molecule has 2 N–H and O–H groups in total. The molecule has 3 rings (SSSR count). The van der Waals surface area contributed by atoms with Crippen LogP contribution < -0.4 is 10.0 Å². The number of alkyl halides is 3. The summed E-state index contributed by atoms with van der Waals surface area (Å²) in [6.45, 7) is 0. The van der Waals surface area contributed by atoms with Crippen molar-refractivity contribution in [2.24, 2.45) is 0 Å². The van der Waals surface area contributed by atoms with Crippen molar-refractivity contribution in [2.45, 2.75) is 11.1 Å². The van der Waals surface area contributed by atoms with Crippen LogP contribution in [0.25, 0.3) is 0 Å². The molecule has 0 unspecified atom stereocenters. The molecule has 1 aromatic heterocycles. The first-order valence-electron chi connectivity index (χ1n) is 7.73. The highest BCUT2D eigenvalue weighted by atomic mass is 32.2. The fourth-order valence-electron chi connectivity index (χ4n) is 2.32. The summed E-state index contributed by atoms with van der Waals surface area (Å²) in [5.41, 5.74) is -0.774. The number of nitrogens with one attached hydrogen (secondary N) is 2. The topological polar surface area (TPSA) is 71.1 Å². The normalized spacial score (nSPS) is 11.8. The summed E-state index contributed by atoms with van der Waals surface area (Å²) in [5.74, 6) is 0.148. The third kappa shape index (κ3) is 4.56. The molecule has 0 bridgehead atoms. The van der Waals surface area contributed by atoms with E-state index in [2.05, 4.69) is 15.0 Å². The van der Waals surface area contributed by atoms with E-state index in [1.807, 2.05) is 0 Å². The molecule has 3 aromatic rings. The monoisotopic (exact) mass is 393 g/mol. The predicted octanol–water partition coefficient (Wildman–Crippen LogP) is 4.64. The van der Waals surface area contributed by atoms with E-state index in [0.29, 0.717) is 0 Å². The molecule has 0 saturated heterocycles. The van der Waals surface area contributed by atoms with Crippen LogP contribution in [0.3, 0.4) is 0 Å². The van der Waals surface area contributed by atoms with Crippen molar-refractivity contribution in [1.82, 2.24) is 4.98 Å². The number of nitrogens with zero attached hydrogens (tertiary/aromatic N) is 1. The largest absolute Gasteiger partial charge is 0.418 e. The zero-order valence-corrected chi connectivity index (χ0v) is 14.6. The molecule has 0 amide bonds. The van der Waals surface area contributed by atoms with E-state index in [1.54, 1.807) is 18.2 Å². The van der Waals surface area contributed by atoms with Gasteiger partial charge in [-0.2, -0.15) is 13.2 Å². The molecule has 5 nitrogen and oxygen atoms in total. The van der Waals surface area contributed by atoms with Crippen LogP contribution in [0, 0.1) is 0 Å². The van der Waals surface area contributed by atoms with Crippen molar-refractivity contribution in [3.63, 3.8) is 0 Å². The first-order valence-corrected chi connectivity index (χ1v) is 9.21. The number of rotatable bonds is 5. The van der Waals surface area contributed by atoms with Gasteiger partial charge in [-0.25, -0.2) is 13.4 Å². The molecule has 0 aliphatic rings. The SMILES string of the molecule is O=S(=O)(Nc1ccc(Nc2ccccc2C(F)(F)F)nc1)c1ccccc1. The lowest BCUT2D eigenvalue weighted by Crippen LogP contribution is -2.13. The van der Waals surface area contributed by atoms with Crippen molar-refractivity contribution < 1.29 is 21.6 Å². The Hall–Kier alpha value is -3.07. The Balaban J connectivity index is 1.77. The van der Waals surface area contributed by atoms with Crippen LogP contribution in [0.15, 0.2) is 77.8 Å². The number of para-hydroxylation sites is 1. The molecule has 9 heteroatoms. The van der Waals surface area contributed by atoms with Crippen molar-refractivity contribution in [2.75, 3.05) is 10.0 Å². The summed E-state index contributed by atoms with van der Waals surface area (Å²) >= 11 is 0. The molecule has 0 atom stereocenters. The first kappa shape index (κ1) is 18.7. The number of hydrogen-bond donors (Lipinski definition) is 2. The summed E-state index contributed by atoms with van der Waals surface area (Å²) < 4.78 is 65.9. The molecule has 27 heavy (non-hydrogen) atoms. The summed E-state index contributed by atoms with van der Waals surface area (Å²) in [5, 5.41) is 2.59. The Labute approximate surface area is 153 Å². The molecule has 0 radical (unpaired) electrons. The highest BCUT2D eigenvalue weighted by molar-refractivity contribution is 7.92. The third-order valence-corrected chi connectivity index (χ3v) is 4.96. The number of aromatic nitrogens is 1. The van der Waals surface area contributed by atoms with Crippen LogP contribution in [0.4, 0.5) is 30.4 Å². The summed E-state index contributed by atoms with van der Waals surface area (Å²) in [6, 6.07) is 15.6. The summed E-state index contributed by atoms with van der Waals surface area (Å²) in [6.07, 6.45) is -3.28. The Morgan fingerprint density at radius 3 is 2.15 bits per heavy atom. The number of sulfonamides is 1. The number of pyridine rings is 1. The average Bonchev–Trinajstić information content (AvgIpc) is 2.63. The van der Waals surface area contributed by atoms with Crippen molar-refractivity contribution in [1.29, 1.82) is 0 Å². The maximum absolute atomic E-state index is 13.0. The highest BCUT2D eigenvalue weighted by Crippen LogP contribution is 2.35. The van der Waals surface area contributed by atoms with Gasteiger partial charge in [-0.1, -0.05) is 30.3 Å². The van der Waals surface area contributed by atoms with Gasteiger partial charge < -0.3 is 5.32 Å². The van der Waals surface area contributed by atoms with Crippen LogP contribution in [0.1, 0.15) is 5.56 Å². The minimum atomic E-state index is -4.51. The lowest BCUT2D eigenvalue weighted by Gasteiger charge is -2.14. The number of hydrogen-bond acceptors (Lipinski definition) is 4. The zero-order valence-electron chi connectivity index (χ0n) is 13.7. The van der Waals surface area contributed by atoms with Gasteiger partial charge in [-0.15, -0.1) is 0 Å². The van der Waals surface area contributed by atoms with Crippen LogP contribution in [-0.2, 0) is 16.2 Å². The van der Waals surface area contributed by atoms with Crippen molar-refractivity contribution in [3.8, 4) is 0 Å². The molecule has 0 saturated carbocycles. The second-order valence-corrected chi connectivity index (χ2v) is 7.20. The van der Waals surface area contributed by atoms with Gasteiger partial charge in [-0.3, -0.25) is 4.72 Å². The van der Waals surface area contributed by atoms with Gasteiger partial charge in [0.05, 0.1) is 28.0 Å². The summed E-state index contributed by atoms with van der Waals surface area (Å²) in [7, 11) is -3.77. The first-order chi connectivity index (χ1) is 12.8. The maximum Gasteiger partial charge on any atom is 0.418 e. The minimum absolute atomic E-state index is 0.0892. The van der Waals surface area contributed by atoms with Crippen LogP contribution in [0.5, 0.6) is 0 Å². The van der Waals surface area contributed by atoms with E-state index in [4.69, 9.17) is 0 Å². The van der Waals surface area contributed by atoms with Gasteiger partial charge >= 0.3 is 6.18 Å². The van der Waals surface area contributed by atoms with Gasteiger partial charge in [0.15, 0.2) is 0 Å². The fraction of sp³-hybridized carbons (Fsp3) is 0.0556. The van der Waals surface area contributed by atoms with E-state index >= 15 is 0 Å². The number of benzene rings is 2. The Morgan fingerprint density at radius 1 is 0.852 bits per heavy atom. The lowest BCUT2D eigenvalue weighted by molar-refractivity contribution is -0.136. The van der Waals surface area contributed by atoms with Gasteiger partial charge in [0.1, 0.15) is 5.82 Å². The minimum Gasteiger partial charge on any atom is -0.340 e. The quantitative estimate of drug-likeness (QED) is 0.662. The van der Waals surface area contributed by atoms with E-state index in [0.717, 1.165) is 6.07 Å². The lowest BCUT2D eigenvalue weighted by atomic mass is 10.1. The van der Waals surface area contributed by atoms with E-state index in [9.17, 15) is 21.6 Å². The van der Waals surface area contributed by atoms with Gasteiger partial charge in [0.25, 0.3) is 10.0 Å². The standard InChI is InChI=1S/C18H14F3N3O2S/c19-18(20,21)15-8-4-5-9-16(15)23-17-11-10-13(12-22-17)24-27(25,26)14-6-2-1-3-7-14/h1-12,24H,(H,22,23). The van der Waals surface area contributed by atoms with Crippen LogP contribution in [-0.4, -0.2) is 13.4 Å². The number of anilines is 3. The molecule has 0 fully saturated rings. The second-order valence-electron chi connectivity index (χ2n) is 5.52. The Morgan fingerprint density at radius 2 is 1.52 bits per heavy atom. The van der Waals surface area contributed by atoms with Crippen molar-refractivity contribution >= 4 is 27.2 Å². The fourth-order valence-corrected chi connectivity index (χ4v) is 3.38. The van der Waals surface area contributed by atoms with Crippen molar-refractivity contribution in [3.05, 3.63) is 78.5 Å².